The van der Waals surface area contributed by atoms with Crippen LogP contribution >= 0.6 is 11.8 Å². The fourth-order valence-electron chi connectivity index (χ4n) is 3.71. The van der Waals surface area contributed by atoms with Crippen molar-refractivity contribution in [3.8, 4) is 28.3 Å². The number of nitrogen functional groups attached to an aromatic ring is 2. The van der Waals surface area contributed by atoms with Gasteiger partial charge in [0.25, 0.3) is 0 Å². The van der Waals surface area contributed by atoms with Gasteiger partial charge in [0.2, 0.25) is 5.16 Å². The molecular weight excluding hydrogens is 490 g/mol. The van der Waals surface area contributed by atoms with Crippen LogP contribution in [0, 0.1) is 0 Å². The summed E-state index contributed by atoms with van der Waals surface area (Å²) in [4.78, 5) is 16.2. The first-order chi connectivity index (χ1) is 18.0. The fraction of sp³-hybridized carbons (Fsp3) is 0.111. The molecule has 0 saturated carbocycles. The fourth-order valence-corrected chi connectivity index (χ4v) is 4.40. The molecule has 0 fully saturated rings. The van der Waals surface area contributed by atoms with E-state index in [0.29, 0.717) is 50.4 Å². The molecule has 2 aromatic heterocycles. The third-order valence-electron chi connectivity index (χ3n) is 5.54. The first kappa shape index (κ1) is 24.3. The van der Waals surface area contributed by atoms with E-state index >= 15 is 0 Å². The topological polar surface area (TPSA) is 150 Å². The van der Waals surface area contributed by atoms with E-state index < -0.39 is 11.7 Å². The molecule has 2 heterocycles. The minimum atomic E-state index is -0.818. The van der Waals surface area contributed by atoms with Gasteiger partial charge in [0.1, 0.15) is 29.3 Å². The highest BCUT2D eigenvalue weighted by Gasteiger charge is 2.18. The predicted octanol–water partition coefficient (Wildman–Crippen LogP) is 4.01. The molecule has 5 N–H and O–H groups in total. The van der Waals surface area contributed by atoms with Crippen LogP contribution in [0.1, 0.15) is 0 Å². The van der Waals surface area contributed by atoms with Crippen LogP contribution in [0.25, 0.3) is 33.5 Å². The first-order valence-corrected chi connectivity index (χ1v) is 12.4. The quantitative estimate of drug-likeness (QED) is 0.158. The van der Waals surface area contributed by atoms with Crippen molar-refractivity contribution < 1.29 is 14.3 Å². The molecule has 186 valence electrons. The van der Waals surface area contributed by atoms with Crippen LogP contribution in [0.4, 0.5) is 11.4 Å². The van der Waals surface area contributed by atoms with Gasteiger partial charge in [-0.05, 0) is 30.3 Å². The van der Waals surface area contributed by atoms with E-state index in [4.69, 9.17) is 25.6 Å². The van der Waals surface area contributed by atoms with Crippen LogP contribution in [0.2, 0.25) is 0 Å². The molecule has 0 spiro atoms. The Labute approximate surface area is 216 Å². The number of para-hydroxylation sites is 2. The van der Waals surface area contributed by atoms with E-state index in [1.807, 2.05) is 36.4 Å². The predicted molar refractivity (Wildman–Crippen MR) is 144 cm³/mol. The van der Waals surface area contributed by atoms with E-state index in [1.54, 1.807) is 36.4 Å². The summed E-state index contributed by atoms with van der Waals surface area (Å²) >= 11 is 1.24. The molecule has 3 aromatic carbocycles. The molecular formula is C27H23N5O4S. The number of aliphatic hydroxyl groups excluding tert-OH is 1. The van der Waals surface area contributed by atoms with Crippen molar-refractivity contribution in [1.29, 1.82) is 0 Å². The Kier molecular flexibility index (Phi) is 7.02. The lowest BCUT2D eigenvalue weighted by atomic mass is 10.0. The molecule has 5 aromatic rings. The summed E-state index contributed by atoms with van der Waals surface area (Å²) < 4.78 is 10.9. The van der Waals surface area contributed by atoms with E-state index in [1.165, 1.54) is 17.8 Å². The number of aromatic nitrogens is 3. The van der Waals surface area contributed by atoms with Gasteiger partial charge < -0.3 is 25.7 Å². The first-order valence-electron chi connectivity index (χ1n) is 11.4. The van der Waals surface area contributed by atoms with Gasteiger partial charge >= 0.3 is 5.63 Å². The standard InChI is InChI=1S/C27H23N5O4S/c28-21-7-3-1-5-19(21)25-26(20-6-2-4-8-22(20)29)31-32-27(30-25)37-15-17(33)14-35-18-11-9-16-10-12-24(34)36-23(16)13-18/h1-13,17,33H,14-15,28-29H2. The van der Waals surface area contributed by atoms with Crippen molar-refractivity contribution in [3.05, 3.63) is 89.3 Å². The van der Waals surface area contributed by atoms with Crippen molar-refractivity contribution in [2.75, 3.05) is 23.8 Å². The average molecular weight is 514 g/mol. The van der Waals surface area contributed by atoms with Crippen molar-refractivity contribution in [2.45, 2.75) is 11.3 Å². The zero-order valence-corrected chi connectivity index (χ0v) is 20.4. The number of nitrogens with two attached hydrogens (primary N) is 2. The third-order valence-corrected chi connectivity index (χ3v) is 6.52. The van der Waals surface area contributed by atoms with Gasteiger partial charge in [0.05, 0.1) is 6.10 Å². The molecule has 9 nitrogen and oxygen atoms in total. The normalized spacial score (nSPS) is 11.9. The Morgan fingerprint density at radius 2 is 1.57 bits per heavy atom. The van der Waals surface area contributed by atoms with Crippen LogP contribution in [-0.4, -0.2) is 38.8 Å². The van der Waals surface area contributed by atoms with Gasteiger partial charge in [-0.1, -0.05) is 48.2 Å². The number of rotatable bonds is 8. The molecule has 0 aliphatic rings. The SMILES string of the molecule is Nc1ccccc1-c1nnc(SCC(O)COc2ccc3ccc(=O)oc3c2)nc1-c1ccccc1N. The molecule has 1 unspecified atom stereocenters. The van der Waals surface area contributed by atoms with Gasteiger partial charge in [0, 0.05) is 45.8 Å². The molecule has 1 atom stereocenters. The van der Waals surface area contributed by atoms with Gasteiger partial charge in [-0.15, -0.1) is 10.2 Å². The van der Waals surface area contributed by atoms with Gasteiger partial charge in [-0.3, -0.25) is 0 Å². The second-order valence-electron chi connectivity index (χ2n) is 8.20. The Morgan fingerprint density at radius 3 is 2.30 bits per heavy atom. The van der Waals surface area contributed by atoms with Crippen LogP contribution in [0.3, 0.4) is 0 Å². The molecule has 0 amide bonds. The minimum absolute atomic E-state index is 0.0279. The molecule has 0 radical (unpaired) electrons. The number of thioether (sulfide) groups is 1. The Hall–Kier alpha value is -4.41. The van der Waals surface area contributed by atoms with Gasteiger partial charge in [-0.25, -0.2) is 9.78 Å². The highest BCUT2D eigenvalue weighted by atomic mass is 32.2. The number of nitrogens with zero attached hydrogens (tertiary/aromatic N) is 3. The molecule has 10 heteroatoms. The highest BCUT2D eigenvalue weighted by molar-refractivity contribution is 7.99. The number of aliphatic hydroxyl groups is 1. The van der Waals surface area contributed by atoms with Gasteiger partial charge in [-0.2, -0.15) is 0 Å². The highest BCUT2D eigenvalue weighted by Crippen LogP contribution is 2.35. The number of hydrogen-bond acceptors (Lipinski definition) is 10. The average Bonchev–Trinajstić information content (AvgIpc) is 2.91. The maximum Gasteiger partial charge on any atom is 0.336 e. The van der Waals surface area contributed by atoms with Crippen LogP contribution < -0.4 is 21.8 Å². The number of ether oxygens (including phenoxy) is 1. The monoisotopic (exact) mass is 513 g/mol. The zero-order chi connectivity index (χ0) is 25.8. The summed E-state index contributed by atoms with van der Waals surface area (Å²) in [5.74, 6) is 0.747. The molecule has 37 heavy (non-hydrogen) atoms. The molecule has 0 aliphatic carbocycles. The summed E-state index contributed by atoms with van der Waals surface area (Å²) in [5, 5.41) is 20.3. The lowest BCUT2D eigenvalue weighted by Crippen LogP contribution is -2.20. The molecule has 0 aliphatic heterocycles. The largest absolute Gasteiger partial charge is 0.491 e. The van der Waals surface area contributed by atoms with Crippen LogP contribution in [0.15, 0.2) is 93.2 Å². The Bertz CT molecular complexity index is 1620. The van der Waals surface area contributed by atoms with E-state index in [0.717, 1.165) is 5.39 Å². The van der Waals surface area contributed by atoms with Gasteiger partial charge in [0.15, 0.2) is 0 Å². The number of hydrogen-bond donors (Lipinski definition) is 3. The second kappa shape index (κ2) is 10.7. The number of anilines is 2. The van der Waals surface area contributed by atoms with Crippen LogP contribution in [-0.2, 0) is 0 Å². The maximum absolute atomic E-state index is 11.5. The lowest BCUT2D eigenvalue weighted by molar-refractivity contribution is 0.126. The maximum atomic E-state index is 11.5. The van der Waals surface area contributed by atoms with Crippen LogP contribution in [0.5, 0.6) is 5.75 Å². The third kappa shape index (κ3) is 5.55. The van der Waals surface area contributed by atoms with Crippen molar-refractivity contribution >= 4 is 34.1 Å². The number of fused-ring (bicyclic) bond motifs is 1. The molecule has 5 rings (SSSR count). The van der Waals surface area contributed by atoms with Crippen molar-refractivity contribution in [2.24, 2.45) is 0 Å². The summed E-state index contributed by atoms with van der Waals surface area (Å²) in [6, 6.07) is 22.9. The summed E-state index contributed by atoms with van der Waals surface area (Å²) in [5.41, 5.74) is 16.0. The Morgan fingerprint density at radius 1 is 0.892 bits per heavy atom. The summed E-state index contributed by atoms with van der Waals surface area (Å²) in [6.45, 7) is 0.0279. The summed E-state index contributed by atoms with van der Waals surface area (Å²) in [6.07, 6.45) is -0.818. The van der Waals surface area contributed by atoms with E-state index in [2.05, 4.69) is 10.2 Å². The minimum Gasteiger partial charge on any atom is -0.491 e. The Balaban J connectivity index is 1.32. The van der Waals surface area contributed by atoms with Crippen molar-refractivity contribution in [3.63, 3.8) is 0 Å². The molecule has 0 bridgehead atoms. The molecule has 0 saturated heterocycles. The summed E-state index contributed by atoms with van der Waals surface area (Å²) in [7, 11) is 0. The van der Waals surface area contributed by atoms with E-state index in [9.17, 15) is 9.90 Å². The smallest absolute Gasteiger partial charge is 0.336 e. The number of benzene rings is 3. The lowest BCUT2D eigenvalue weighted by Gasteiger charge is -2.14. The van der Waals surface area contributed by atoms with Crippen molar-refractivity contribution in [1.82, 2.24) is 15.2 Å². The zero-order valence-electron chi connectivity index (χ0n) is 19.6. The second-order valence-corrected chi connectivity index (χ2v) is 9.18. The van der Waals surface area contributed by atoms with E-state index in [-0.39, 0.29) is 12.4 Å².